The van der Waals surface area contributed by atoms with Gasteiger partial charge in [-0.05, 0) is 24.5 Å². The number of halogens is 1. The Bertz CT molecular complexity index is 421. The third-order valence-corrected chi connectivity index (χ3v) is 2.41. The lowest BCUT2D eigenvalue weighted by atomic mass is 10.2. The van der Waals surface area contributed by atoms with E-state index >= 15 is 0 Å². The minimum Gasteiger partial charge on any atom is -0.507 e. The smallest absolute Gasteiger partial charge is 0.255 e. The Morgan fingerprint density at radius 3 is 2.84 bits per heavy atom. The largest absolute Gasteiger partial charge is 0.507 e. The van der Waals surface area contributed by atoms with Gasteiger partial charge in [0.15, 0.2) is 0 Å². The molecule has 4 nitrogen and oxygen atoms in total. The number of aromatic hydroxyl groups is 1. The van der Waals surface area contributed by atoms with Gasteiger partial charge in [0, 0.05) is 25.8 Å². The molecule has 0 unspecified atom stereocenters. The molecule has 1 aromatic rings. The fourth-order valence-electron chi connectivity index (χ4n) is 1.49. The van der Waals surface area contributed by atoms with Gasteiger partial charge in [-0.2, -0.15) is 0 Å². The third-order valence-electron chi connectivity index (χ3n) is 2.41. The van der Waals surface area contributed by atoms with E-state index in [0.717, 1.165) is 12.1 Å². The Labute approximate surface area is 112 Å². The van der Waals surface area contributed by atoms with Crippen molar-refractivity contribution in [3.05, 3.63) is 29.6 Å². The monoisotopic (exact) mass is 269 g/mol. The summed E-state index contributed by atoms with van der Waals surface area (Å²) in [6.45, 7) is 5.87. The Morgan fingerprint density at radius 1 is 1.47 bits per heavy atom. The van der Waals surface area contributed by atoms with Crippen LogP contribution in [0.2, 0.25) is 0 Å². The van der Waals surface area contributed by atoms with E-state index in [9.17, 15) is 14.3 Å². The highest BCUT2D eigenvalue weighted by atomic mass is 19.1. The average molecular weight is 269 g/mol. The molecule has 0 bridgehead atoms. The van der Waals surface area contributed by atoms with Crippen molar-refractivity contribution < 1.29 is 19.0 Å². The summed E-state index contributed by atoms with van der Waals surface area (Å²) < 4.78 is 18.1. The van der Waals surface area contributed by atoms with Crippen molar-refractivity contribution in [2.45, 2.75) is 20.3 Å². The molecule has 19 heavy (non-hydrogen) atoms. The molecule has 0 saturated heterocycles. The highest BCUT2D eigenvalue weighted by molar-refractivity contribution is 5.96. The number of hydrogen-bond acceptors (Lipinski definition) is 3. The van der Waals surface area contributed by atoms with Gasteiger partial charge in [0.1, 0.15) is 11.6 Å². The van der Waals surface area contributed by atoms with Crippen LogP contribution in [0.15, 0.2) is 18.2 Å². The van der Waals surface area contributed by atoms with Crippen molar-refractivity contribution in [2.24, 2.45) is 5.92 Å². The fourth-order valence-corrected chi connectivity index (χ4v) is 1.49. The molecule has 0 aromatic heterocycles. The zero-order valence-corrected chi connectivity index (χ0v) is 11.3. The van der Waals surface area contributed by atoms with E-state index in [-0.39, 0.29) is 11.3 Å². The van der Waals surface area contributed by atoms with Crippen LogP contribution in [0.3, 0.4) is 0 Å². The van der Waals surface area contributed by atoms with Gasteiger partial charge in [0.25, 0.3) is 5.91 Å². The van der Waals surface area contributed by atoms with Gasteiger partial charge in [-0.25, -0.2) is 4.39 Å². The van der Waals surface area contributed by atoms with Crippen LogP contribution in [0.5, 0.6) is 5.75 Å². The normalized spacial score (nSPS) is 10.7. The first-order valence-electron chi connectivity index (χ1n) is 6.35. The lowest BCUT2D eigenvalue weighted by molar-refractivity contribution is 0.0922. The Morgan fingerprint density at radius 2 is 2.21 bits per heavy atom. The van der Waals surface area contributed by atoms with E-state index in [1.807, 2.05) is 0 Å². The summed E-state index contributed by atoms with van der Waals surface area (Å²) in [5, 5.41) is 12.1. The number of amides is 1. The summed E-state index contributed by atoms with van der Waals surface area (Å²) in [7, 11) is 0. The molecule has 106 valence electrons. The summed E-state index contributed by atoms with van der Waals surface area (Å²) in [5.74, 6) is -0.850. The van der Waals surface area contributed by atoms with Crippen LogP contribution in [-0.2, 0) is 4.74 Å². The van der Waals surface area contributed by atoms with Crippen LogP contribution in [0.25, 0.3) is 0 Å². The first-order valence-corrected chi connectivity index (χ1v) is 6.35. The predicted octanol–water partition coefficient (Wildman–Crippen LogP) is 2.32. The number of ether oxygens (including phenoxy) is 1. The minimum atomic E-state index is -0.573. The molecule has 0 atom stereocenters. The topological polar surface area (TPSA) is 58.6 Å². The second-order valence-electron chi connectivity index (χ2n) is 4.74. The third kappa shape index (κ3) is 5.70. The van der Waals surface area contributed by atoms with Crippen molar-refractivity contribution in [3.8, 4) is 5.75 Å². The van der Waals surface area contributed by atoms with E-state index in [1.165, 1.54) is 6.07 Å². The second-order valence-corrected chi connectivity index (χ2v) is 4.74. The van der Waals surface area contributed by atoms with E-state index in [4.69, 9.17) is 4.74 Å². The molecule has 0 aliphatic rings. The number of hydrogen-bond donors (Lipinski definition) is 2. The lowest BCUT2D eigenvalue weighted by Crippen LogP contribution is -2.25. The molecular weight excluding hydrogens is 249 g/mol. The van der Waals surface area contributed by atoms with E-state index < -0.39 is 11.7 Å². The van der Waals surface area contributed by atoms with Crippen molar-refractivity contribution in [2.75, 3.05) is 19.8 Å². The predicted molar refractivity (Wildman–Crippen MR) is 70.7 cm³/mol. The zero-order chi connectivity index (χ0) is 14.3. The first-order chi connectivity index (χ1) is 9.00. The number of rotatable bonds is 7. The molecule has 2 N–H and O–H groups in total. The number of carbonyl (C=O) groups is 1. The number of carbonyl (C=O) groups excluding carboxylic acids is 1. The SMILES string of the molecule is CC(C)COCCCNC(=O)c1ccc(F)cc1O. The van der Waals surface area contributed by atoms with Crippen LogP contribution in [0.1, 0.15) is 30.6 Å². The number of phenols is 1. The molecule has 0 fully saturated rings. The summed E-state index contributed by atoms with van der Waals surface area (Å²) in [4.78, 5) is 11.7. The lowest BCUT2D eigenvalue weighted by Gasteiger charge is -2.08. The Balaban J connectivity index is 2.28. The van der Waals surface area contributed by atoms with Gasteiger partial charge in [0.05, 0.1) is 5.56 Å². The molecule has 0 aliphatic heterocycles. The number of benzene rings is 1. The summed E-state index contributed by atoms with van der Waals surface area (Å²) in [5.41, 5.74) is 0.0736. The van der Waals surface area contributed by atoms with Gasteiger partial charge in [0.2, 0.25) is 0 Å². The van der Waals surface area contributed by atoms with Crippen molar-refractivity contribution >= 4 is 5.91 Å². The number of nitrogens with one attached hydrogen (secondary N) is 1. The van der Waals surface area contributed by atoms with Crippen LogP contribution in [0, 0.1) is 11.7 Å². The summed E-state index contributed by atoms with van der Waals surface area (Å²) in [6, 6.07) is 3.32. The maximum atomic E-state index is 12.8. The molecule has 1 aromatic carbocycles. The van der Waals surface area contributed by atoms with Gasteiger partial charge in [-0.1, -0.05) is 13.8 Å². The van der Waals surface area contributed by atoms with E-state index in [2.05, 4.69) is 19.2 Å². The number of phenolic OH excluding ortho intramolecular Hbond substituents is 1. The van der Waals surface area contributed by atoms with Crippen molar-refractivity contribution in [1.82, 2.24) is 5.32 Å². The molecule has 0 saturated carbocycles. The standard InChI is InChI=1S/C14H20FNO3/c1-10(2)9-19-7-3-6-16-14(18)12-5-4-11(15)8-13(12)17/h4-5,8,10,17H,3,6-7,9H2,1-2H3,(H,16,18). The van der Waals surface area contributed by atoms with Gasteiger partial charge in [-0.15, -0.1) is 0 Å². The minimum absolute atomic E-state index is 0.0736. The van der Waals surface area contributed by atoms with Crippen molar-refractivity contribution in [1.29, 1.82) is 0 Å². The Kier molecular flexibility index (Phi) is 6.29. The first kappa shape index (κ1) is 15.4. The van der Waals surface area contributed by atoms with E-state index in [1.54, 1.807) is 0 Å². The molecule has 0 heterocycles. The molecule has 1 rings (SSSR count). The molecule has 5 heteroatoms. The summed E-state index contributed by atoms with van der Waals surface area (Å²) >= 11 is 0. The van der Waals surface area contributed by atoms with Gasteiger partial charge >= 0.3 is 0 Å². The van der Waals surface area contributed by atoms with Crippen LogP contribution in [-0.4, -0.2) is 30.8 Å². The quantitative estimate of drug-likeness (QED) is 0.747. The summed E-state index contributed by atoms with van der Waals surface area (Å²) in [6.07, 6.45) is 0.695. The Hall–Kier alpha value is -1.62. The average Bonchev–Trinajstić information content (AvgIpc) is 2.32. The van der Waals surface area contributed by atoms with Gasteiger partial charge < -0.3 is 15.2 Å². The molecular formula is C14H20FNO3. The van der Waals surface area contributed by atoms with Crippen molar-refractivity contribution in [3.63, 3.8) is 0 Å². The highest BCUT2D eigenvalue weighted by Gasteiger charge is 2.10. The van der Waals surface area contributed by atoms with Crippen LogP contribution < -0.4 is 5.32 Å². The molecule has 0 aliphatic carbocycles. The van der Waals surface area contributed by atoms with E-state index in [0.29, 0.717) is 32.1 Å². The molecule has 1 amide bonds. The maximum Gasteiger partial charge on any atom is 0.255 e. The maximum absolute atomic E-state index is 12.8. The van der Waals surface area contributed by atoms with Crippen LogP contribution in [0.4, 0.5) is 4.39 Å². The highest BCUT2D eigenvalue weighted by Crippen LogP contribution is 2.17. The molecule has 0 spiro atoms. The zero-order valence-electron chi connectivity index (χ0n) is 11.3. The fraction of sp³-hybridized carbons (Fsp3) is 0.500. The van der Waals surface area contributed by atoms with Crippen LogP contribution >= 0.6 is 0 Å². The van der Waals surface area contributed by atoms with Gasteiger partial charge in [-0.3, -0.25) is 4.79 Å². The molecule has 0 radical (unpaired) electrons. The second kappa shape index (κ2) is 7.74.